The summed E-state index contributed by atoms with van der Waals surface area (Å²) in [6.45, 7) is 5.54. The molecule has 1 amide bonds. The molecule has 0 N–H and O–H groups in total. The molecule has 2 unspecified atom stereocenters. The monoisotopic (exact) mass is 440 g/mol. The summed E-state index contributed by atoms with van der Waals surface area (Å²) >= 11 is 0. The van der Waals surface area contributed by atoms with Crippen molar-refractivity contribution in [1.29, 1.82) is 0 Å². The number of hydrogen-bond acceptors (Lipinski definition) is 3. The number of anilines is 1. The van der Waals surface area contributed by atoms with Crippen molar-refractivity contribution in [2.75, 3.05) is 18.0 Å². The number of amides is 1. The van der Waals surface area contributed by atoms with Crippen LogP contribution in [-0.4, -0.2) is 30.2 Å². The molecule has 0 aromatic heterocycles. The minimum Gasteiger partial charge on any atom is -0.445 e. The Morgan fingerprint density at radius 1 is 0.848 bits per heavy atom. The first-order chi connectivity index (χ1) is 16.2. The molecule has 2 bridgehead atoms. The molecular weight excluding hydrogens is 408 g/mol. The van der Waals surface area contributed by atoms with Crippen molar-refractivity contribution in [3.63, 3.8) is 0 Å². The zero-order chi connectivity index (χ0) is 22.6. The molecule has 1 saturated heterocycles. The molecule has 1 aliphatic heterocycles. The van der Waals surface area contributed by atoms with Gasteiger partial charge in [-0.2, -0.15) is 0 Å². The molecule has 4 heteroatoms. The van der Waals surface area contributed by atoms with E-state index in [1.165, 1.54) is 11.1 Å². The van der Waals surface area contributed by atoms with Gasteiger partial charge < -0.3 is 4.74 Å². The lowest BCUT2D eigenvalue weighted by atomic mass is 9.94. The summed E-state index contributed by atoms with van der Waals surface area (Å²) in [6.07, 6.45) is 2.04. The van der Waals surface area contributed by atoms with E-state index >= 15 is 0 Å². The van der Waals surface area contributed by atoms with Crippen LogP contribution in [0.1, 0.15) is 29.5 Å². The summed E-state index contributed by atoms with van der Waals surface area (Å²) in [4.78, 5) is 17.8. The zero-order valence-electron chi connectivity index (χ0n) is 19.3. The van der Waals surface area contributed by atoms with Crippen molar-refractivity contribution in [1.82, 2.24) is 4.90 Å². The van der Waals surface area contributed by atoms with Gasteiger partial charge in [-0.15, -0.1) is 0 Å². The van der Waals surface area contributed by atoms with Gasteiger partial charge >= 0.3 is 6.09 Å². The minimum atomic E-state index is -0.236. The zero-order valence-corrected chi connectivity index (χ0v) is 19.3. The molecule has 2 fully saturated rings. The number of nitrogens with zero attached hydrogens (tertiary/aromatic N) is 2. The molecule has 2 atom stereocenters. The third-order valence-electron chi connectivity index (χ3n) is 7.06. The Kier molecular flexibility index (Phi) is 6.45. The standard InChI is InChI=1S/C29H32N2O2/c1-22-12-14-24(15-13-22)19-31(27-10-6-3-7-11-27)29(32)33-28-25-16-17-26(28)21-30(20-25)18-23-8-4-2-5-9-23/h2-15,25-26,28H,16-21H2,1H3. The van der Waals surface area contributed by atoms with E-state index in [4.69, 9.17) is 4.74 Å². The molecular formula is C29H32N2O2. The summed E-state index contributed by atoms with van der Waals surface area (Å²) < 4.78 is 6.25. The number of benzene rings is 3. The summed E-state index contributed by atoms with van der Waals surface area (Å²) in [7, 11) is 0. The second kappa shape index (κ2) is 9.80. The van der Waals surface area contributed by atoms with Gasteiger partial charge in [0, 0.05) is 37.2 Å². The van der Waals surface area contributed by atoms with Crippen molar-refractivity contribution in [2.45, 2.75) is 39.0 Å². The van der Waals surface area contributed by atoms with Crippen LogP contribution in [-0.2, 0) is 17.8 Å². The summed E-state index contributed by atoms with van der Waals surface area (Å²) in [6, 6.07) is 28.9. The van der Waals surface area contributed by atoms with Crippen LogP contribution >= 0.6 is 0 Å². The summed E-state index contributed by atoms with van der Waals surface area (Å²) in [5.74, 6) is 0.821. The lowest BCUT2D eigenvalue weighted by Gasteiger charge is -2.38. The van der Waals surface area contributed by atoms with Gasteiger partial charge in [0.15, 0.2) is 0 Å². The third kappa shape index (κ3) is 5.12. The molecule has 1 heterocycles. The minimum absolute atomic E-state index is 0.00811. The van der Waals surface area contributed by atoms with Gasteiger partial charge in [-0.25, -0.2) is 4.79 Å². The number of ether oxygens (including phenoxy) is 1. The topological polar surface area (TPSA) is 32.8 Å². The molecule has 170 valence electrons. The molecule has 4 nitrogen and oxygen atoms in total. The normalized spacial score (nSPS) is 22.2. The fourth-order valence-corrected chi connectivity index (χ4v) is 5.36. The van der Waals surface area contributed by atoms with Crippen molar-refractivity contribution in [2.24, 2.45) is 11.8 Å². The van der Waals surface area contributed by atoms with Gasteiger partial charge in [-0.1, -0.05) is 78.4 Å². The molecule has 0 radical (unpaired) electrons. The van der Waals surface area contributed by atoms with Crippen LogP contribution in [0.2, 0.25) is 0 Å². The first kappa shape index (κ1) is 21.7. The molecule has 2 aliphatic rings. The molecule has 1 saturated carbocycles. The maximum Gasteiger partial charge on any atom is 0.414 e. The number of likely N-dealkylation sites (tertiary alicyclic amines) is 1. The molecule has 3 aromatic rings. The van der Waals surface area contributed by atoms with Crippen molar-refractivity contribution in [3.8, 4) is 0 Å². The Morgan fingerprint density at radius 3 is 2.09 bits per heavy atom. The number of carbonyl (C=O) groups excluding carboxylic acids is 1. The Morgan fingerprint density at radius 2 is 1.45 bits per heavy atom. The molecule has 0 spiro atoms. The van der Waals surface area contributed by atoms with Crippen molar-refractivity contribution in [3.05, 3.63) is 102 Å². The number of aryl methyl sites for hydroxylation is 1. The quantitative estimate of drug-likeness (QED) is 0.468. The van der Waals surface area contributed by atoms with Crippen LogP contribution in [0.3, 0.4) is 0 Å². The van der Waals surface area contributed by atoms with Crippen LogP contribution < -0.4 is 4.90 Å². The third-order valence-corrected chi connectivity index (χ3v) is 7.06. The summed E-state index contributed by atoms with van der Waals surface area (Å²) in [5.41, 5.74) is 4.53. The number of piperidine rings is 1. The van der Waals surface area contributed by atoms with Crippen LogP contribution in [0.25, 0.3) is 0 Å². The van der Waals surface area contributed by atoms with E-state index in [1.807, 2.05) is 30.3 Å². The first-order valence-electron chi connectivity index (χ1n) is 12.0. The first-order valence-corrected chi connectivity index (χ1v) is 12.0. The van der Waals surface area contributed by atoms with Gasteiger partial charge in [-0.3, -0.25) is 9.80 Å². The largest absolute Gasteiger partial charge is 0.445 e. The van der Waals surface area contributed by atoms with Crippen LogP contribution in [0, 0.1) is 18.8 Å². The van der Waals surface area contributed by atoms with E-state index in [-0.39, 0.29) is 12.2 Å². The predicted octanol–water partition coefficient (Wildman–Crippen LogP) is 6.05. The van der Waals surface area contributed by atoms with E-state index < -0.39 is 0 Å². The molecule has 33 heavy (non-hydrogen) atoms. The number of rotatable bonds is 6. The molecule has 3 aromatic carbocycles. The number of para-hydroxylation sites is 1. The van der Waals surface area contributed by atoms with Gasteiger partial charge in [0.1, 0.15) is 6.10 Å². The lowest BCUT2D eigenvalue weighted by molar-refractivity contribution is -0.0000778. The highest BCUT2D eigenvalue weighted by Crippen LogP contribution is 2.40. The van der Waals surface area contributed by atoms with Crippen LogP contribution in [0.5, 0.6) is 0 Å². The highest BCUT2D eigenvalue weighted by atomic mass is 16.6. The van der Waals surface area contributed by atoms with E-state index in [1.54, 1.807) is 4.90 Å². The number of hydrogen-bond donors (Lipinski definition) is 0. The maximum absolute atomic E-state index is 13.5. The number of fused-ring (bicyclic) bond motifs is 2. The smallest absolute Gasteiger partial charge is 0.414 e. The van der Waals surface area contributed by atoms with Crippen molar-refractivity contribution < 1.29 is 9.53 Å². The van der Waals surface area contributed by atoms with Gasteiger partial charge in [0.25, 0.3) is 0 Å². The fourth-order valence-electron chi connectivity index (χ4n) is 5.36. The Bertz CT molecular complexity index is 1040. The average Bonchev–Trinajstić information content (AvgIpc) is 3.07. The SMILES string of the molecule is Cc1ccc(CN(C(=O)OC2C3CCC2CN(Cc2ccccc2)C3)c2ccccc2)cc1. The van der Waals surface area contributed by atoms with Gasteiger partial charge in [-0.05, 0) is 43.0 Å². The average molecular weight is 441 g/mol. The number of carbonyl (C=O) groups is 1. The van der Waals surface area contributed by atoms with Gasteiger partial charge in [0.2, 0.25) is 0 Å². The maximum atomic E-state index is 13.5. The second-order valence-electron chi connectivity index (χ2n) is 9.53. The molecule has 5 rings (SSSR count). The highest BCUT2D eigenvalue weighted by Gasteiger charge is 2.44. The second-order valence-corrected chi connectivity index (χ2v) is 9.53. The van der Waals surface area contributed by atoms with E-state index in [2.05, 4.69) is 66.4 Å². The van der Waals surface area contributed by atoms with E-state index in [0.29, 0.717) is 18.4 Å². The Labute approximate surface area is 196 Å². The van der Waals surface area contributed by atoms with Crippen molar-refractivity contribution >= 4 is 11.8 Å². The summed E-state index contributed by atoms with van der Waals surface area (Å²) in [5, 5.41) is 0. The Balaban J connectivity index is 1.28. The fraction of sp³-hybridized carbons (Fsp3) is 0.345. The van der Waals surface area contributed by atoms with E-state index in [0.717, 1.165) is 43.7 Å². The molecule has 1 aliphatic carbocycles. The predicted molar refractivity (Wildman–Crippen MR) is 132 cm³/mol. The van der Waals surface area contributed by atoms with Gasteiger partial charge in [0.05, 0.1) is 6.54 Å². The lowest BCUT2D eigenvalue weighted by Crippen LogP contribution is -2.47. The van der Waals surface area contributed by atoms with E-state index in [9.17, 15) is 4.79 Å². The van der Waals surface area contributed by atoms with Crippen LogP contribution in [0.4, 0.5) is 10.5 Å². The van der Waals surface area contributed by atoms with Crippen LogP contribution in [0.15, 0.2) is 84.9 Å². The Hall–Kier alpha value is -3.11. The highest BCUT2D eigenvalue weighted by molar-refractivity contribution is 5.87.